The van der Waals surface area contributed by atoms with Crippen LogP contribution in [-0.4, -0.2) is 46.9 Å². The number of hydrogen-bond acceptors (Lipinski definition) is 6. The van der Waals surface area contributed by atoms with Crippen molar-refractivity contribution in [1.29, 1.82) is 0 Å². The summed E-state index contributed by atoms with van der Waals surface area (Å²) in [6, 6.07) is 15.7. The number of carbonyl (C=O) groups is 1. The molecule has 0 bridgehead atoms. The number of amides is 1. The van der Waals surface area contributed by atoms with Gasteiger partial charge in [0, 0.05) is 36.5 Å². The van der Waals surface area contributed by atoms with E-state index < -0.39 is 10.0 Å². The van der Waals surface area contributed by atoms with E-state index in [1.807, 2.05) is 33.7 Å². The van der Waals surface area contributed by atoms with Crippen LogP contribution in [0.1, 0.15) is 34.9 Å². The number of thiophene rings is 1. The number of anilines is 1. The van der Waals surface area contributed by atoms with E-state index in [0.29, 0.717) is 24.3 Å². The predicted octanol–water partition coefficient (Wildman–Crippen LogP) is 3.61. The van der Waals surface area contributed by atoms with Gasteiger partial charge in [0.25, 0.3) is 15.9 Å². The first-order chi connectivity index (χ1) is 15.5. The Balaban J connectivity index is 1.27. The maximum Gasteiger partial charge on any atom is 0.271 e. The average Bonchev–Trinajstić information content (AvgIpc) is 3.50. The summed E-state index contributed by atoms with van der Waals surface area (Å²) < 4.78 is 29.8. The van der Waals surface area contributed by atoms with Gasteiger partial charge in [0.05, 0.1) is 0 Å². The predicted molar refractivity (Wildman–Crippen MR) is 122 cm³/mol. The Kier molecular flexibility index (Phi) is 5.40. The van der Waals surface area contributed by atoms with Gasteiger partial charge >= 0.3 is 0 Å². The molecule has 1 aliphatic heterocycles. The Morgan fingerprint density at radius 1 is 1.03 bits per heavy atom. The van der Waals surface area contributed by atoms with Crippen LogP contribution in [0.15, 0.2) is 70.4 Å². The second-order valence-electron chi connectivity index (χ2n) is 7.67. The molecule has 164 valence electrons. The molecule has 4 heterocycles. The van der Waals surface area contributed by atoms with Crippen LogP contribution < -0.4 is 4.72 Å². The quantitative estimate of drug-likeness (QED) is 0.484. The van der Waals surface area contributed by atoms with Crippen molar-refractivity contribution in [3.63, 3.8) is 0 Å². The number of likely N-dealkylation sites (tertiary alicyclic amines) is 1. The van der Waals surface area contributed by atoms with E-state index in [9.17, 15) is 13.2 Å². The number of aromatic nitrogens is 3. The maximum absolute atomic E-state index is 13.1. The van der Waals surface area contributed by atoms with Crippen molar-refractivity contribution < 1.29 is 13.2 Å². The van der Waals surface area contributed by atoms with E-state index in [1.165, 1.54) is 0 Å². The van der Waals surface area contributed by atoms with E-state index >= 15 is 0 Å². The highest BCUT2D eigenvalue weighted by atomic mass is 32.2. The molecule has 1 N–H and O–H groups in total. The number of sulfonamides is 1. The molecule has 10 heteroatoms. The Hall–Kier alpha value is -3.24. The van der Waals surface area contributed by atoms with E-state index in [0.717, 1.165) is 35.7 Å². The van der Waals surface area contributed by atoms with Gasteiger partial charge in [0.2, 0.25) is 0 Å². The van der Waals surface area contributed by atoms with Crippen LogP contribution in [0, 0.1) is 0 Å². The van der Waals surface area contributed by atoms with Gasteiger partial charge in [-0.25, -0.2) is 8.42 Å². The first-order valence-corrected chi connectivity index (χ1v) is 12.6. The molecule has 0 aliphatic carbocycles. The van der Waals surface area contributed by atoms with Crippen molar-refractivity contribution in [1.82, 2.24) is 19.5 Å². The first-order valence-electron chi connectivity index (χ1n) is 10.3. The summed E-state index contributed by atoms with van der Waals surface area (Å²) in [7, 11) is -3.66. The second-order valence-corrected chi connectivity index (χ2v) is 10.5. The molecule has 1 saturated heterocycles. The molecule has 3 aromatic heterocycles. The number of fused-ring (bicyclic) bond motifs is 1. The molecule has 0 saturated carbocycles. The van der Waals surface area contributed by atoms with Gasteiger partial charge in [-0.15, -0.1) is 21.5 Å². The highest BCUT2D eigenvalue weighted by Gasteiger charge is 2.27. The lowest BCUT2D eigenvalue weighted by molar-refractivity contribution is 0.0711. The van der Waals surface area contributed by atoms with Gasteiger partial charge in [0.15, 0.2) is 5.65 Å². The topological polar surface area (TPSA) is 96.7 Å². The third-order valence-corrected chi connectivity index (χ3v) is 8.39. The monoisotopic (exact) mass is 467 g/mol. The molecule has 5 rings (SSSR count). The molecular formula is C22H21N5O3S2. The van der Waals surface area contributed by atoms with Crippen LogP contribution >= 0.6 is 11.3 Å². The number of carbonyl (C=O) groups excluding carboxylic acids is 1. The lowest BCUT2D eigenvalue weighted by Gasteiger charge is -2.31. The molecule has 8 nitrogen and oxygen atoms in total. The molecule has 1 aliphatic rings. The van der Waals surface area contributed by atoms with Crippen LogP contribution in [-0.2, 0) is 10.0 Å². The smallest absolute Gasteiger partial charge is 0.271 e. The second kappa shape index (κ2) is 8.36. The van der Waals surface area contributed by atoms with E-state index in [2.05, 4.69) is 14.9 Å². The molecule has 0 unspecified atom stereocenters. The number of hydrogen-bond donors (Lipinski definition) is 1. The fourth-order valence-electron chi connectivity index (χ4n) is 4.00. The largest absolute Gasteiger partial charge is 0.339 e. The van der Waals surface area contributed by atoms with Gasteiger partial charge in [-0.3, -0.25) is 13.9 Å². The zero-order valence-corrected chi connectivity index (χ0v) is 18.7. The van der Waals surface area contributed by atoms with E-state index in [-0.39, 0.29) is 16.0 Å². The SMILES string of the molecule is O=C(c1cccc(NS(=O)(=O)c2cccs2)c1)N1CCC(c2nnc3ccccn23)CC1. The van der Waals surface area contributed by atoms with E-state index in [4.69, 9.17) is 0 Å². The highest BCUT2D eigenvalue weighted by Crippen LogP contribution is 2.28. The van der Waals surface area contributed by atoms with Crippen LogP contribution in [0.5, 0.6) is 0 Å². The molecule has 0 radical (unpaired) electrons. The third-order valence-electron chi connectivity index (χ3n) is 5.61. The van der Waals surface area contributed by atoms with Crippen molar-refractivity contribution in [2.45, 2.75) is 23.0 Å². The Morgan fingerprint density at radius 2 is 1.88 bits per heavy atom. The number of nitrogens with zero attached hydrogens (tertiary/aromatic N) is 4. The molecule has 0 atom stereocenters. The normalized spacial score (nSPS) is 15.2. The Bertz CT molecular complexity index is 1360. The average molecular weight is 468 g/mol. The highest BCUT2D eigenvalue weighted by molar-refractivity contribution is 7.94. The number of benzene rings is 1. The minimum atomic E-state index is -3.66. The molecule has 0 spiro atoms. The fraction of sp³-hybridized carbons (Fsp3) is 0.227. The van der Waals surface area contributed by atoms with E-state index in [1.54, 1.807) is 41.8 Å². The molecule has 1 amide bonds. The van der Waals surface area contributed by atoms with Gasteiger partial charge in [-0.05, 0) is 54.6 Å². The Morgan fingerprint density at radius 3 is 2.66 bits per heavy atom. The van der Waals surface area contributed by atoms with Crippen molar-refractivity contribution in [2.24, 2.45) is 0 Å². The van der Waals surface area contributed by atoms with Gasteiger partial charge < -0.3 is 4.90 Å². The minimum Gasteiger partial charge on any atom is -0.339 e. The summed E-state index contributed by atoms with van der Waals surface area (Å²) in [5.74, 6) is 1.06. The van der Waals surface area contributed by atoms with Crippen molar-refractivity contribution in [3.05, 3.63) is 77.6 Å². The maximum atomic E-state index is 13.1. The van der Waals surface area contributed by atoms with Crippen LogP contribution in [0.4, 0.5) is 5.69 Å². The van der Waals surface area contributed by atoms with Gasteiger partial charge in [-0.1, -0.05) is 18.2 Å². The molecule has 32 heavy (non-hydrogen) atoms. The molecule has 1 aromatic carbocycles. The van der Waals surface area contributed by atoms with Gasteiger partial charge in [0.1, 0.15) is 10.0 Å². The fourth-order valence-corrected chi connectivity index (χ4v) is 6.04. The number of pyridine rings is 1. The summed E-state index contributed by atoms with van der Waals surface area (Å²) in [5.41, 5.74) is 1.65. The number of rotatable bonds is 5. The lowest BCUT2D eigenvalue weighted by atomic mass is 9.95. The molecule has 4 aromatic rings. The van der Waals surface area contributed by atoms with Crippen molar-refractivity contribution >= 4 is 38.6 Å². The summed E-state index contributed by atoms with van der Waals surface area (Å²) >= 11 is 1.14. The number of piperidine rings is 1. The molecule has 1 fully saturated rings. The summed E-state index contributed by atoms with van der Waals surface area (Å²) in [6.07, 6.45) is 3.56. The van der Waals surface area contributed by atoms with Crippen LogP contribution in [0.2, 0.25) is 0 Å². The summed E-state index contributed by atoms with van der Waals surface area (Å²) in [4.78, 5) is 14.9. The first kappa shape index (κ1) is 20.7. The Labute approximate surface area is 189 Å². The van der Waals surface area contributed by atoms with Crippen molar-refractivity contribution in [3.8, 4) is 0 Å². The zero-order valence-electron chi connectivity index (χ0n) is 17.1. The van der Waals surface area contributed by atoms with Crippen LogP contribution in [0.3, 0.4) is 0 Å². The van der Waals surface area contributed by atoms with Crippen molar-refractivity contribution in [2.75, 3.05) is 17.8 Å². The molecular weight excluding hydrogens is 446 g/mol. The lowest BCUT2D eigenvalue weighted by Crippen LogP contribution is -2.38. The number of nitrogens with one attached hydrogen (secondary N) is 1. The minimum absolute atomic E-state index is 0.105. The summed E-state index contributed by atoms with van der Waals surface area (Å²) in [6.45, 7) is 1.22. The van der Waals surface area contributed by atoms with Gasteiger partial charge in [-0.2, -0.15) is 0 Å². The van der Waals surface area contributed by atoms with Crippen LogP contribution in [0.25, 0.3) is 5.65 Å². The summed E-state index contributed by atoms with van der Waals surface area (Å²) in [5, 5.41) is 10.3. The standard InChI is InChI=1S/C22H21N5O3S2/c28-22(17-5-3-6-18(15-17)25-32(29,30)20-8-4-14-31-20)26-12-9-16(10-13-26)21-24-23-19-7-1-2-11-27(19)21/h1-8,11,14-16,25H,9-10,12-13H2. The third kappa shape index (κ3) is 3.98. The zero-order chi connectivity index (χ0) is 22.1.